The van der Waals surface area contributed by atoms with Gasteiger partial charge in [0.15, 0.2) is 0 Å². The smallest absolute Gasteiger partial charge is 0.269 e. The maximum Gasteiger partial charge on any atom is 0.269 e. The summed E-state index contributed by atoms with van der Waals surface area (Å²) in [5.74, 6) is 1.35. The molecule has 0 spiro atoms. The number of benzene rings is 2. The summed E-state index contributed by atoms with van der Waals surface area (Å²) in [6, 6.07) is 11.3. The standard InChI is InChI=1S/C15H15N3O4/c1-21-14-7-8-15(22-2)11(9-14)10-16-17-12-3-5-13(6-4-12)18(19)20/h3-10,17H,1-2H3/b16-10-. The first-order valence-corrected chi connectivity index (χ1v) is 6.39. The molecule has 2 rings (SSSR count). The predicted octanol–water partition coefficient (Wildman–Crippen LogP) is 3.06. The first-order valence-electron chi connectivity index (χ1n) is 6.39. The number of anilines is 1. The van der Waals surface area contributed by atoms with Crippen LogP contribution in [0.5, 0.6) is 11.5 Å². The van der Waals surface area contributed by atoms with Gasteiger partial charge in [-0.1, -0.05) is 0 Å². The van der Waals surface area contributed by atoms with Gasteiger partial charge in [0, 0.05) is 17.7 Å². The van der Waals surface area contributed by atoms with E-state index < -0.39 is 4.92 Å². The Morgan fingerprint density at radius 1 is 1.14 bits per heavy atom. The van der Waals surface area contributed by atoms with Gasteiger partial charge in [-0.3, -0.25) is 15.5 Å². The Morgan fingerprint density at radius 2 is 1.86 bits per heavy atom. The third-order valence-electron chi connectivity index (χ3n) is 2.91. The van der Waals surface area contributed by atoms with Crippen molar-refractivity contribution in [3.63, 3.8) is 0 Å². The maximum atomic E-state index is 10.6. The molecule has 0 aliphatic carbocycles. The van der Waals surface area contributed by atoms with Crippen molar-refractivity contribution in [1.82, 2.24) is 0 Å². The van der Waals surface area contributed by atoms with Gasteiger partial charge >= 0.3 is 0 Å². The molecule has 0 heterocycles. The van der Waals surface area contributed by atoms with E-state index in [1.165, 1.54) is 12.1 Å². The van der Waals surface area contributed by atoms with E-state index in [4.69, 9.17) is 9.47 Å². The van der Waals surface area contributed by atoms with Crippen LogP contribution < -0.4 is 14.9 Å². The molecular weight excluding hydrogens is 286 g/mol. The molecule has 0 saturated heterocycles. The van der Waals surface area contributed by atoms with Gasteiger partial charge in [-0.15, -0.1) is 0 Å². The average Bonchev–Trinajstić information content (AvgIpc) is 2.55. The lowest BCUT2D eigenvalue weighted by molar-refractivity contribution is -0.384. The van der Waals surface area contributed by atoms with Crippen molar-refractivity contribution in [2.75, 3.05) is 19.6 Å². The number of nitrogens with zero attached hydrogens (tertiary/aromatic N) is 2. The van der Waals surface area contributed by atoms with Gasteiger partial charge in [0.05, 0.1) is 31.0 Å². The fourth-order valence-electron chi connectivity index (χ4n) is 1.77. The highest BCUT2D eigenvalue weighted by atomic mass is 16.6. The van der Waals surface area contributed by atoms with Crippen LogP contribution in [0.2, 0.25) is 0 Å². The molecule has 2 aromatic carbocycles. The van der Waals surface area contributed by atoms with Crippen LogP contribution in [-0.4, -0.2) is 25.4 Å². The zero-order chi connectivity index (χ0) is 15.9. The molecule has 0 aromatic heterocycles. The molecule has 0 aliphatic rings. The summed E-state index contributed by atoms with van der Waals surface area (Å²) >= 11 is 0. The minimum absolute atomic E-state index is 0.0315. The number of hydrogen-bond acceptors (Lipinski definition) is 6. The number of non-ortho nitro benzene ring substituents is 1. The van der Waals surface area contributed by atoms with Gasteiger partial charge in [0.1, 0.15) is 11.5 Å². The quantitative estimate of drug-likeness (QED) is 0.503. The van der Waals surface area contributed by atoms with E-state index >= 15 is 0 Å². The molecule has 0 aliphatic heterocycles. The average molecular weight is 301 g/mol. The number of hydrazone groups is 1. The lowest BCUT2D eigenvalue weighted by Crippen LogP contribution is -1.95. The van der Waals surface area contributed by atoms with Gasteiger partial charge in [0.2, 0.25) is 0 Å². The fourth-order valence-corrected chi connectivity index (χ4v) is 1.77. The Morgan fingerprint density at radius 3 is 2.45 bits per heavy atom. The third kappa shape index (κ3) is 3.72. The first kappa shape index (κ1) is 15.3. The molecule has 0 amide bonds. The molecule has 2 aromatic rings. The number of nitro benzene ring substituents is 1. The number of nitro groups is 1. The summed E-state index contributed by atoms with van der Waals surface area (Å²) in [6.07, 6.45) is 1.59. The monoisotopic (exact) mass is 301 g/mol. The normalized spacial score (nSPS) is 10.5. The van der Waals surface area contributed by atoms with Crippen molar-refractivity contribution in [3.05, 3.63) is 58.1 Å². The molecular formula is C15H15N3O4. The van der Waals surface area contributed by atoms with Crippen LogP contribution in [-0.2, 0) is 0 Å². The van der Waals surface area contributed by atoms with E-state index in [0.717, 1.165) is 5.56 Å². The second-order valence-electron chi connectivity index (χ2n) is 4.28. The summed E-state index contributed by atoms with van der Waals surface area (Å²) in [5.41, 5.74) is 4.22. The van der Waals surface area contributed by atoms with Crippen LogP contribution in [0.3, 0.4) is 0 Å². The molecule has 22 heavy (non-hydrogen) atoms. The Balaban J connectivity index is 2.10. The molecule has 0 unspecified atom stereocenters. The zero-order valence-electron chi connectivity index (χ0n) is 12.1. The Labute approximate surface area is 127 Å². The van der Waals surface area contributed by atoms with E-state index in [0.29, 0.717) is 17.2 Å². The van der Waals surface area contributed by atoms with Gasteiger partial charge in [0.25, 0.3) is 5.69 Å². The minimum Gasteiger partial charge on any atom is -0.497 e. The Hall–Kier alpha value is -3.09. The topological polar surface area (TPSA) is 86.0 Å². The largest absolute Gasteiger partial charge is 0.497 e. The zero-order valence-corrected chi connectivity index (χ0v) is 12.1. The third-order valence-corrected chi connectivity index (χ3v) is 2.91. The van der Waals surface area contributed by atoms with E-state index in [-0.39, 0.29) is 5.69 Å². The minimum atomic E-state index is -0.450. The van der Waals surface area contributed by atoms with Crippen molar-refractivity contribution in [2.24, 2.45) is 5.10 Å². The van der Waals surface area contributed by atoms with Crippen LogP contribution in [0.25, 0.3) is 0 Å². The maximum absolute atomic E-state index is 10.6. The number of nitrogens with one attached hydrogen (secondary N) is 1. The van der Waals surface area contributed by atoms with E-state index in [1.807, 2.05) is 0 Å². The summed E-state index contributed by atoms with van der Waals surface area (Å²) in [7, 11) is 3.15. The lowest BCUT2D eigenvalue weighted by atomic mass is 10.2. The van der Waals surface area contributed by atoms with Gasteiger partial charge in [-0.05, 0) is 30.3 Å². The van der Waals surface area contributed by atoms with Gasteiger partial charge in [-0.25, -0.2) is 0 Å². The van der Waals surface area contributed by atoms with Crippen LogP contribution in [0, 0.1) is 10.1 Å². The highest BCUT2D eigenvalue weighted by molar-refractivity contribution is 5.84. The van der Waals surface area contributed by atoms with Crippen LogP contribution in [0.4, 0.5) is 11.4 Å². The fraction of sp³-hybridized carbons (Fsp3) is 0.133. The van der Waals surface area contributed by atoms with Crippen molar-refractivity contribution in [3.8, 4) is 11.5 Å². The number of hydrogen-bond donors (Lipinski definition) is 1. The molecule has 0 atom stereocenters. The van der Waals surface area contributed by atoms with Gasteiger partial charge in [-0.2, -0.15) is 5.10 Å². The van der Waals surface area contributed by atoms with E-state index in [2.05, 4.69) is 10.5 Å². The number of methoxy groups -OCH3 is 2. The van der Waals surface area contributed by atoms with E-state index in [1.54, 1.807) is 50.8 Å². The van der Waals surface area contributed by atoms with Crippen molar-refractivity contribution in [2.45, 2.75) is 0 Å². The van der Waals surface area contributed by atoms with Crippen molar-refractivity contribution >= 4 is 17.6 Å². The van der Waals surface area contributed by atoms with Crippen molar-refractivity contribution < 1.29 is 14.4 Å². The SMILES string of the molecule is COc1ccc(OC)c(/C=N\Nc2ccc([N+](=O)[O-])cc2)c1. The molecule has 114 valence electrons. The molecule has 1 N–H and O–H groups in total. The first-order chi connectivity index (χ1) is 10.6. The molecule has 0 radical (unpaired) electrons. The molecule has 7 nitrogen and oxygen atoms in total. The number of ether oxygens (including phenoxy) is 2. The predicted molar refractivity (Wildman–Crippen MR) is 83.9 cm³/mol. The highest BCUT2D eigenvalue weighted by Crippen LogP contribution is 2.22. The lowest BCUT2D eigenvalue weighted by Gasteiger charge is -2.07. The van der Waals surface area contributed by atoms with Crippen molar-refractivity contribution in [1.29, 1.82) is 0 Å². The van der Waals surface area contributed by atoms with Crippen LogP contribution >= 0.6 is 0 Å². The molecule has 0 fully saturated rings. The molecule has 0 bridgehead atoms. The summed E-state index contributed by atoms with van der Waals surface area (Å²) in [5, 5.41) is 14.7. The van der Waals surface area contributed by atoms with E-state index in [9.17, 15) is 10.1 Å². The summed E-state index contributed by atoms with van der Waals surface area (Å²) in [4.78, 5) is 10.1. The number of rotatable bonds is 6. The Bertz CT molecular complexity index is 684. The Kier molecular flexibility index (Phi) is 4.92. The second-order valence-corrected chi connectivity index (χ2v) is 4.28. The highest BCUT2D eigenvalue weighted by Gasteiger charge is 2.04. The molecule has 0 saturated carbocycles. The van der Waals surface area contributed by atoms with Crippen LogP contribution in [0.15, 0.2) is 47.6 Å². The summed E-state index contributed by atoms with van der Waals surface area (Å²) in [6.45, 7) is 0. The van der Waals surface area contributed by atoms with Crippen LogP contribution in [0.1, 0.15) is 5.56 Å². The summed E-state index contributed by atoms with van der Waals surface area (Å²) < 4.78 is 10.4. The van der Waals surface area contributed by atoms with Gasteiger partial charge < -0.3 is 9.47 Å². The second kappa shape index (κ2) is 7.07. The molecule has 7 heteroatoms.